The first-order valence-electron chi connectivity index (χ1n) is 25.8. The molecule has 0 spiro atoms. The minimum atomic E-state index is -4.07. The Morgan fingerprint density at radius 1 is 0.684 bits per heavy atom. The van der Waals surface area contributed by atoms with Gasteiger partial charge in [-0.2, -0.15) is 0 Å². The Hall–Kier alpha value is -6.50. The first-order chi connectivity index (χ1) is 35.8. The van der Waals surface area contributed by atoms with Crippen LogP contribution in [0.15, 0.2) is 91.0 Å². The van der Waals surface area contributed by atoms with Crippen LogP contribution in [0.1, 0.15) is 111 Å². The molecule has 1 aliphatic heterocycles. The second kappa shape index (κ2) is 28.6. The summed E-state index contributed by atoms with van der Waals surface area (Å²) in [6.07, 6.45) is -1.99. The van der Waals surface area contributed by atoms with Crippen molar-refractivity contribution in [3.05, 3.63) is 108 Å². The van der Waals surface area contributed by atoms with E-state index in [1.807, 2.05) is 26.0 Å². The molecule has 1 aliphatic rings. The van der Waals surface area contributed by atoms with Crippen molar-refractivity contribution in [1.82, 2.24) is 36.4 Å². The van der Waals surface area contributed by atoms with E-state index in [-0.39, 0.29) is 70.7 Å². The predicted octanol–water partition coefficient (Wildman–Crippen LogP) is 7.55. The number of likely N-dealkylation sites (tertiary alicyclic amines) is 1. The predicted molar refractivity (Wildman–Crippen MR) is 287 cm³/mol. The van der Waals surface area contributed by atoms with E-state index in [0.717, 1.165) is 10.5 Å². The maximum Gasteiger partial charge on any atom is 0.408 e. The number of benzene rings is 3. The van der Waals surface area contributed by atoms with Crippen LogP contribution in [-0.2, 0) is 61.7 Å². The fourth-order valence-electron chi connectivity index (χ4n) is 8.99. The number of unbranched alkanes of at least 4 members (excludes halogenated alkanes) is 1. The Kier molecular flexibility index (Phi) is 23.3. The fraction of sp³-hybridized carbons (Fsp3) is 0.545. The maximum absolute atomic E-state index is 14.7. The third-order valence-electron chi connectivity index (χ3n) is 12.7. The third kappa shape index (κ3) is 19.0. The first kappa shape index (κ1) is 62.0. The summed E-state index contributed by atoms with van der Waals surface area (Å²) < 4.78 is 35.9. The van der Waals surface area contributed by atoms with Gasteiger partial charge in [0.1, 0.15) is 41.7 Å². The van der Waals surface area contributed by atoms with E-state index >= 15 is 0 Å². The summed E-state index contributed by atoms with van der Waals surface area (Å²) >= 11 is 0. The molecule has 0 bridgehead atoms. The monoisotopic (exact) mass is 1080 g/mol. The summed E-state index contributed by atoms with van der Waals surface area (Å²) in [5, 5.41) is 22.9. The van der Waals surface area contributed by atoms with Crippen molar-refractivity contribution in [2.24, 2.45) is 5.92 Å². The molecule has 20 nitrogen and oxygen atoms in total. The van der Waals surface area contributed by atoms with Crippen molar-refractivity contribution in [1.29, 1.82) is 0 Å². The number of rotatable bonds is 25. The van der Waals surface area contributed by atoms with Crippen LogP contribution < -0.4 is 26.6 Å². The van der Waals surface area contributed by atoms with E-state index in [0.29, 0.717) is 24.0 Å². The standard InChI is InChI=1S/C55H80N7O13P/c1-38(2)34-43(58-47(64)44(35-39-22-14-11-15-23-39)59-48(65)45(36-40-24-16-12-17-25-40)62(52(69)70)53(3,4)5)46(63)57-42(28-20-21-31-56-50(67)75-54(6,7)8)49(66)61-32-29-55(30-33-61,76(71,72-9)73-10)60-51(68)74-37-41-26-18-13-19-27-41/h11-19,22-27,38,42-45H,20-21,28-37H2,1-10H3,(H,56,67)(H,57,63)(H,58,64)(H,59,65)(H,60,68)(H,69,70)/t42-,43-,44-,45-/m1/s1. The molecule has 4 rings (SSSR count). The van der Waals surface area contributed by atoms with Crippen molar-refractivity contribution in [2.45, 2.75) is 154 Å². The van der Waals surface area contributed by atoms with Crippen LogP contribution in [-0.4, -0.2) is 131 Å². The van der Waals surface area contributed by atoms with Crippen molar-refractivity contribution in [2.75, 3.05) is 33.9 Å². The van der Waals surface area contributed by atoms with E-state index < -0.39 is 90.1 Å². The lowest BCUT2D eigenvalue weighted by molar-refractivity contribution is -0.139. The van der Waals surface area contributed by atoms with Gasteiger partial charge in [0.2, 0.25) is 23.6 Å². The maximum atomic E-state index is 14.7. The van der Waals surface area contributed by atoms with Crippen LogP contribution in [0.25, 0.3) is 0 Å². The van der Waals surface area contributed by atoms with Crippen LogP contribution in [0.5, 0.6) is 0 Å². The molecule has 418 valence electrons. The summed E-state index contributed by atoms with van der Waals surface area (Å²) in [7, 11) is -1.66. The average Bonchev–Trinajstić information content (AvgIpc) is 3.36. The van der Waals surface area contributed by atoms with E-state index in [4.69, 9.17) is 18.5 Å². The topological polar surface area (TPSA) is 260 Å². The average molecular weight is 1080 g/mol. The summed E-state index contributed by atoms with van der Waals surface area (Å²) in [4.78, 5) is 99.6. The molecule has 3 aromatic rings. The highest BCUT2D eigenvalue weighted by atomic mass is 31.2. The number of carbonyl (C=O) groups is 7. The van der Waals surface area contributed by atoms with Gasteiger partial charge in [0.15, 0.2) is 0 Å². The number of ether oxygens (including phenoxy) is 2. The molecule has 0 saturated carbocycles. The van der Waals surface area contributed by atoms with Gasteiger partial charge >= 0.3 is 25.9 Å². The van der Waals surface area contributed by atoms with E-state index in [2.05, 4.69) is 26.6 Å². The van der Waals surface area contributed by atoms with Gasteiger partial charge in [0.05, 0.1) is 0 Å². The minimum absolute atomic E-state index is 0.00860. The van der Waals surface area contributed by atoms with Crippen LogP contribution in [0.2, 0.25) is 0 Å². The molecule has 1 heterocycles. The number of carbonyl (C=O) groups excluding carboxylic acids is 6. The molecule has 3 aromatic carbocycles. The number of piperidine rings is 1. The molecule has 0 unspecified atom stereocenters. The number of hydrogen-bond acceptors (Lipinski definition) is 12. The molecular weight excluding hydrogens is 998 g/mol. The molecule has 6 N–H and O–H groups in total. The minimum Gasteiger partial charge on any atom is -0.465 e. The highest BCUT2D eigenvalue weighted by Crippen LogP contribution is 2.61. The summed E-state index contributed by atoms with van der Waals surface area (Å²) in [6, 6.07) is 22.0. The van der Waals surface area contributed by atoms with Gasteiger partial charge in [-0.3, -0.25) is 28.6 Å². The Morgan fingerprint density at radius 3 is 1.68 bits per heavy atom. The van der Waals surface area contributed by atoms with Gasteiger partial charge in [-0.1, -0.05) is 105 Å². The van der Waals surface area contributed by atoms with Gasteiger partial charge in [0.25, 0.3) is 0 Å². The number of hydrogen-bond donors (Lipinski definition) is 6. The molecule has 1 saturated heterocycles. The van der Waals surface area contributed by atoms with E-state index in [1.165, 1.54) is 19.1 Å². The number of amides is 7. The highest BCUT2D eigenvalue weighted by molar-refractivity contribution is 7.55. The first-order valence-corrected chi connectivity index (χ1v) is 27.3. The Bertz CT molecular complexity index is 2420. The Balaban J connectivity index is 1.62. The molecule has 7 amide bonds. The lowest BCUT2D eigenvalue weighted by Crippen LogP contribution is -2.62. The quantitative estimate of drug-likeness (QED) is 0.0354. The SMILES string of the molecule is COP(=O)(OC)C1(NC(=O)OCc2ccccc2)CCN(C(=O)[C@@H](CCCCNC(=O)OC(C)(C)C)NC(=O)[C@@H](CC(C)C)NC(=O)[C@@H](Cc2ccccc2)NC(=O)[C@@H](Cc2ccccc2)N(C(=O)O)C(C)(C)C)CC1. The van der Waals surface area contributed by atoms with Gasteiger partial charge in [-0.05, 0) is 103 Å². The lowest BCUT2D eigenvalue weighted by atomic mass is 9.96. The second-order valence-electron chi connectivity index (χ2n) is 21.4. The molecule has 4 atom stereocenters. The number of nitrogens with zero attached hydrogens (tertiary/aromatic N) is 2. The molecule has 0 aliphatic carbocycles. The zero-order chi connectivity index (χ0) is 56.3. The molecule has 1 fully saturated rings. The van der Waals surface area contributed by atoms with Crippen LogP contribution in [0, 0.1) is 5.92 Å². The van der Waals surface area contributed by atoms with Crippen molar-refractivity contribution < 1.29 is 61.8 Å². The van der Waals surface area contributed by atoms with Crippen LogP contribution in [0.4, 0.5) is 14.4 Å². The summed E-state index contributed by atoms with van der Waals surface area (Å²) in [6.45, 7) is 14.0. The Labute approximate surface area is 447 Å². The van der Waals surface area contributed by atoms with Crippen molar-refractivity contribution in [3.63, 3.8) is 0 Å². The Morgan fingerprint density at radius 2 is 1.18 bits per heavy atom. The van der Waals surface area contributed by atoms with Gasteiger partial charge in [-0.15, -0.1) is 0 Å². The third-order valence-corrected chi connectivity index (χ3v) is 15.3. The largest absolute Gasteiger partial charge is 0.465 e. The zero-order valence-corrected chi connectivity index (χ0v) is 46.6. The number of nitrogens with one attached hydrogen (secondary N) is 5. The fourth-order valence-corrected chi connectivity index (χ4v) is 10.8. The second-order valence-corrected chi connectivity index (χ2v) is 23.9. The molecule has 76 heavy (non-hydrogen) atoms. The van der Waals surface area contributed by atoms with Gasteiger partial charge in [-0.25, -0.2) is 14.4 Å². The van der Waals surface area contributed by atoms with E-state index in [9.17, 15) is 43.2 Å². The lowest BCUT2D eigenvalue weighted by Gasteiger charge is -2.44. The summed E-state index contributed by atoms with van der Waals surface area (Å²) in [5.74, 6) is -2.76. The van der Waals surface area contributed by atoms with Gasteiger partial charge < -0.3 is 55.1 Å². The normalized spacial score (nSPS) is 15.2. The van der Waals surface area contributed by atoms with Crippen LogP contribution >= 0.6 is 7.60 Å². The molecule has 21 heteroatoms. The van der Waals surface area contributed by atoms with Crippen molar-refractivity contribution in [3.8, 4) is 0 Å². The highest BCUT2D eigenvalue weighted by Gasteiger charge is 2.54. The van der Waals surface area contributed by atoms with Crippen LogP contribution in [0.3, 0.4) is 0 Å². The number of alkyl carbamates (subject to hydrolysis) is 2. The molecule has 0 radical (unpaired) electrons. The smallest absolute Gasteiger partial charge is 0.408 e. The summed E-state index contributed by atoms with van der Waals surface area (Å²) in [5.41, 5.74) is 0.365. The number of carboxylic acid groups (broad SMARTS) is 1. The zero-order valence-electron chi connectivity index (χ0n) is 45.7. The van der Waals surface area contributed by atoms with Gasteiger partial charge in [0, 0.05) is 52.2 Å². The molecular formula is C55H80N7O13P. The van der Waals surface area contributed by atoms with E-state index in [1.54, 1.807) is 120 Å². The molecule has 0 aromatic heterocycles. The van der Waals surface area contributed by atoms with Crippen molar-refractivity contribution >= 4 is 49.5 Å².